The standard InChI is InChI=1S/C10H13ClN2O2S/c1-13(7-8-2-3-8)16(14,15)9-4-5-12-10(11)6-9/h4-6,8H,2-3,7H2,1H3. The number of nitrogens with zero attached hydrogens (tertiary/aromatic N) is 2. The highest BCUT2D eigenvalue weighted by atomic mass is 35.5. The maximum atomic E-state index is 12.1. The Morgan fingerprint density at radius 2 is 2.25 bits per heavy atom. The van der Waals surface area contributed by atoms with Crippen LogP contribution in [-0.4, -0.2) is 31.3 Å². The summed E-state index contributed by atoms with van der Waals surface area (Å²) in [6.45, 7) is 0.586. The summed E-state index contributed by atoms with van der Waals surface area (Å²) in [5.41, 5.74) is 0. The average molecular weight is 261 g/mol. The van der Waals surface area contributed by atoms with Crippen LogP contribution in [0.15, 0.2) is 23.2 Å². The fourth-order valence-corrected chi connectivity index (χ4v) is 2.99. The van der Waals surface area contributed by atoms with Crippen LogP contribution >= 0.6 is 11.6 Å². The molecule has 6 heteroatoms. The molecule has 0 aliphatic heterocycles. The third kappa shape index (κ3) is 2.53. The van der Waals surface area contributed by atoms with Crippen molar-refractivity contribution in [3.63, 3.8) is 0 Å². The number of rotatable bonds is 4. The molecule has 0 bridgehead atoms. The van der Waals surface area contributed by atoms with Gasteiger partial charge >= 0.3 is 0 Å². The van der Waals surface area contributed by atoms with E-state index in [-0.39, 0.29) is 10.0 Å². The van der Waals surface area contributed by atoms with Crippen molar-refractivity contribution in [2.24, 2.45) is 5.92 Å². The molecule has 0 spiro atoms. The van der Waals surface area contributed by atoms with E-state index in [1.807, 2.05) is 0 Å². The second-order valence-electron chi connectivity index (χ2n) is 4.04. The minimum atomic E-state index is -3.41. The fraction of sp³-hybridized carbons (Fsp3) is 0.500. The van der Waals surface area contributed by atoms with Crippen LogP contribution in [-0.2, 0) is 10.0 Å². The monoisotopic (exact) mass is 260 g/mol. The first kappa shape index (κ1) is 11.8. The maximum absolute atomic E-state index is 12.1. The van der Waals surface area contributed by atoms with Gasteiger partial charge in [0.25, 0.3) is 0 Å². The van der Waals surface area contributed by atoms with Crippen LogP contribution in [0.5, 0.6) is 0 Å². The summed E-state index contributed by atoms with van der Waals surface area (Å²) in [7, 11) is -1.81. The van der Waals surface area contributed by atoms with Crippen LogP contribution in [0.2, 0.25) is 5.15 Å². The summed E-state index contributed by atoms with van der Waals surface area (Å²) in [5.74, 6) is 0.525. The van der Waals surface area contributed by atoms with Crippen molar-refractivity contribution in [3.05, 3.63) is 23.5 Å². The van der Waals surface area contributed by atoms with Crippen molar-refractivity contribution in [1.29, 1.82) is 0 Å². The topological polar surface area (TPSA) is 50.3 Å². The highest BCUT2D eigenvalue weighted by Gasteiger charge is 2.29. The molecule has 4 nitrogen and oxygen atoms in total. The number of hydrogen-bond donors (Lipinski definition) is 0. The minimum Gasteiger partial charge on any atom is -0.244 e. The molecule has 0 aromatic carbocycles. The molecular formula is C10H13ClN2O2S. The van der Waals surface area contributed by atoms with E-state index in [0.29, 0.717) is 12.5 Å². The highest BCUT2D eigenvalue weighted by Crippen LogP contribution is 2.31. The molecule has 0 saturated heterocycles. The third-order valence-electron chi connectivity index (χ3n) is 2.62. The summed E-state index contributed by atoms with van der Waals surface area (Å²) in [6.07, 6.45) is 3.65. The van der Waals surface area contributed by atoms with Crippen molar-refractivity contribution in [1.82, 2.24) is 9.29 Å². The highest BCUT2D eigenvalue weighted by molar-refractivity contribution is 7.89. The second-order valence-corrected chi connectivity index (χ2v) is 6.48. The summed E-state index contributed by atoms with van der Waals surface area (Å²) < 4.78 is 25.6. The zero-order valence-corrected chi connectivity index (χ0v) is 10.5. The molecule has 1 heterocycles. The van der Waals surface area contributed by atoms with Gasteiger partial charge in [-0.1, -0.05) is 11.6 Å². The molecule has 0 amide bonds. The van der Waals surface area contributed by atoms with Gasteiger partial charge in [-0.25, -0.2) is 17.7 Å². The van der Waals surface area contributed by atoms with Gasteiger partial charge in [0, 0.05) is 19.8 Å². The molecule has 2 rings (SSSR count). The van der Waals surface area contributed by atoms with Crippen LogP contribution in [0.25, 0.3) is 0 Å². The molecule has 1 saturated carbocycles. The van der Waals surface area contributed by atoms with Crippen molar-refractivity contribution in [2.45, 2.75) is 17.7 Å². The lowest BCUT2D eigenvalue weighted by atomic mass is 10.4. The number of pyridine rings is 1. The summed E-state index contributed by atoms with van der Waals surface area (Å²) in [5, 5.41) is 0.195. The van der Waals surface area contributed by atoms with Gasteiger partial charge in [0.1, 0.15) is 5.15 Å². The Hall–Kier alpha value is -0.650. The Kier molecular flexibility index (Phi) is 3.19. The smallest absolute Gasteiger partial charge is 0.242 e. The molecule has 0 unspecified atom stereocenters. The maximum Gasteiger partial charge on any atom is 0.242 e. The van der Waals surface area contributed by atoms with E-state index in [0.717, 1.165) is 12.8 Å². The van der Waals surface area contributed by atoms with Gasteiger partial charge in [-0.15, -0.1) is 0 Å². The van der Waals surface area contributed by atoms with E-state index in [1.165, 1.54) is 22.6 Å². The SMILES string of the molecule is CN(CC1CC1)S(=O)(=O)c1ccnc(Cl)c1. The van der Waals surface area contributed by atoms with Crippen molar-refractivity contribution >= 4 is 21.6 Å². The predicted octanol–water partition coefficient (Wildman–Crippen LogP) is 1.77. The average Bonchev–Trinajstić information content (AvgIpc) is 3.01. The van der Waals surface area contributed by atoms with E-state index < -0.39 is 10.0 Å². The first-order valence-electron chi connectivity index (χ1n) is 5.08. The van der Waals surface area contributed by atoms with Crippen LogP contribution in [0.1, 0.15) is 12.8 Å². The molecule has 88 valence electrons. The molecular weight excluding hydrogens is 248 g/mol. The zero-order chi connectivity index (χ0) is 11.8. The molecule has 0 N–H and O–H groups in total. The Morgan fingerprint density at radius 3 is 2.81 bits per heavy atom. The zero-order valence-electron chi connectivity index (χ0n) is 8.93. The Bertz CT molecular complexity index is 485. The predicted molar refractivity (Wildman–Crippen MR) is 61.8 cm³/mol. The van der Waals surface area contributed by atoms with E-state index in [2.05, 4.69) is 4.98 Å². The van der Waals surface area contributed by atoms with Crippen LogP contribution < -0.4 is 0 Å². The van der Waals surface area contributed by atoms with Gasteiger partial charge in [-0.3, -0.25) is 0 Å². The van der Waals surface area contributed by atoms with Gasteiger partial charge in [-0.2, -0.15) is 0 Å². The molecule has 1 aliphatic rings. The van der Waals surface area contributed by atoms with Gasteiger partial charge in [0.15, 0.2) is 0 Å². The molecule has 1 fully saturated rings. The summed E-state index contributed by atoms with van der Waals surface area (Å²) in [6, 6.07) is 2.84. The fourth-order valence-electron chi connectivity index (χ4n) is 1.49. The van der Waals surface area contributed by atoms with Gasteiger partial charge in [0.05, 0.1) is 4.90 Å². The molecule has 1 aromatic rings. The first-order chi connectivity index (χ1) is 7.50. The normalized spacial score (nSPS) is 16.7. The molecule has 16 heavy (non-hydrogen) atoms. The number of sulfonamides is 1. The second kappa shape index (κ2) is 4.31. The van der Waals surface area contributed by atoms with Crippen molar-refractivity contribution in [2.75, 3.05) is 13.6 Å². The molecule has 1 aromatic heterocycles. The lowest BCUT2D eigenvalue weighted by Gasteiger charge is -2.16. The van der Waals surface area contributed by atoms with Crippen molar-refractivity contribution in [3.8, 4) is 0 Å². The summed E-state index contributed by atoms with van der Waals surface area (Å²) >= 11 is 5.68. The van der Waals surface area contributed by atoms with E-state index in [4.69, 9.17) is 11.6 Å². The lowest BCUT2D eigenvalue weighted by molar-refractivity contribution is 0.453. The lowest BCUT2D eigenvalue weighted by Crippen LogP contribution is -2.28. The van der Waals surface area contributed by atoms with Crippen LogP contribution in [0.4, 0.5) is 0 Å². The molecule has 1 aliphatic carbocycles. The largest absolute Gasteiger partial charge is 0.244 e. The third-order valence-corrected chi connectivity index (χ3v) is 4.64. The van der Waals surface area contributed by atoms with Crippen LogP contribution in [0, 0.1) is 5.92 Å². The van der Waals surface area contributed by atoms with Gasteiger partial charge in [0.2, 0.25) is 10.0 Å². The Balaban J connectivity index is 2.23. The first-order valence-corrected chi connectivity index (χ1v) is 6.90. The van der Waals surface area contributed by atoms with Crippen molar-refractivity contribution < 1.29 is 8.42 Å². The van der Waals surface area contributed by atoms with Crippen LogP contribution in [0.3, 0.4) is 0 Å². The number of aromatic nitrogens is 1. The molecule has 0 radical (unpaired) electrons. The van der Waals surface area contributed by atoms with Gasteiger partial charge < -0.3 is 0 Å². The quantitative estimate of drug-likeness (QED) is 0.776. The van der Waals surface area contributed by atoms with E-state index in [1.54, 1.807) is 7.05 Å². The molecule has 0 atom stereocenters. The summed E-state index contributed by atoms with van der Waals surface area (Å²) in [4.78, 5) is 3.97. The minimum absolute atomic E-state index is 0.195. The van der Waals surface area contributed by atoms with E-state index >= 15 is 0 Å². The van der Waals surface area contributed by atoms with E-state index in [9.17, 15) is 8.42 Å². The Labute approximate surface area is 100 Å². The number of hydrogen-bond acceptors (Lipinski definition) is 3. The number of halogens is 1. The Morgan fingerprint density at radius 1 is 1.56 bits per heavy atom. The van der Waals surface area contributed by atoms with Gasteiger partial charge in [-0.05, 0) is 30.9 Å².